The first-order valence-corrected chi connectivity index (χ1v) is 9.75. The Morgan fingerprint density at radius 3 is 2.20 bits per heavy atom. The third-order valence-corrected chi connectivity index (χ3v) is 4.53. The number of unbranched alkanes of at least 4 members (excludes halogenated alkanes) is 1. The van der Waals surface area contributed by atoms with Gasteiger partial charge in [0, 0.05) is 17.4 Å². The molecule has 6 nitrogen and oxygen atoms in total. The number of benzene rings is 2. The lowest BCUT2D eigenvalue weighted by molar-refractivity contribution is 0.0357. The van der Waals surface area contributed by atoms with Crippen LogP contribution in [0.15, 0.2) is 41.3 Å². The molecule has 0 aliphatic rings. The number of ether oxygens (including phenoxy) is 3. The van der Waals surface area contributed by atoms with E-state index < -0.39 is 10.1 Å². The first kappa shape index (κ1) is 19.7. The maximum absolute atomic E-state index is 11.5. The number of fused-ring (bicyclic) bond motifs is 1. The van der Waals surface area contributed by atoms with E-state index in [1.54, 1.807) is 30.3 Å². The Balaban J connectivity index is 1.88. The first-order chi connectivity index (χ1) is 12.0. The van der Waals surface area contributed by atoms with Crippen LogP contribution in [0.25, 0.3) is 10.8 Å². The van der Waals surface area contributed by atoms with E-state index in [0.717, 1.165) is 19.4 Å². The van der Waals surface area contributed by atoms with Crippen molar-refractivity contribution in [2.24, 2.45) is 0 Å². The summed E-state index contributed by atoms with van der Waals surface area (Å²) in [5.41, 5.74) is 0. The van der Waals surface area contributed by atoms with Gasteiger partial charge < -0.3 is 14.2 Å². The second-order valence-electron chi connectivity index (χ2n) is 5.51. The minimum atomic E-state index is -4.28. The molecular formula is C18H24O6S. The van der Waals surface area contributed by atoms with Crippen LogP contribution in [0.3, 0.4) is 0 Å². The highest BCUT2D eigenvalue weighted by atomic mass is 32.2. The largest absolute Gasteiger partial charge is 0.491 e. The molecule has 0 fully saturated rings. The van der Waals surface area contributed by atoms with E-state index in [4.69, 9.17) is 14.2 Å². The maximum atomic E-state index is 11.5. The molecule has 0 spiro atoms. The lowest BCUT2D eigenvalue weighted by Gasteiger charge is -2.12. The van der Waals surface area contributed by atoms with E-state index in [2.05, 4.69) is 6.92 Å². The zero-order valence-electron chi connectivity index (χ0n) is 14.3. The Hall–Kier alpha value is -1.67. The topological polar surface area (TPSA) is 82.1 Å². The number of hydrogen-bond acceptors (Lipinski definition) is 5. The molecule has 0 aromatic heterocycles. The van der Waals surface area contributed by atoms with Crippen molar-refractivity contribution in [3.05, 3.63) is 36.4 Å². The highest BCUT2D eigenvalue weighted by Gasteiger charge is 2.15. The molecule has 0 bridgehead atoms. The fourth-order valence-electron chi connectivity index (χ4n) is 2.37. The molecular weight excluding hydrogens is 344 g/mol. The van der Waals surface area contributed by atoms with Crippen molar-refractivity contribution in [1.82, 2.24) is 0 Å². The van der Waals surface area contributed by atoms with Gasteiger partial charge in [-0.05, 0) is 18.6 Å². The van der Waals surface area contributed by atoms with Crippen molar-refractivity contribution in [1.29, 1.82) is 0 Å². The summed E-state index contributed by atoms with van der Waals surface area (Å²) in [6.45, 7) is 4.68. The average molecular weight is 368 g/mol. The molecule has 2 aromatic rings. The van der Waals surface area contributed by atoms with Crippen molar-refractivity contribution >= 4 is 20.9 Å². The Kier molecular flexibility index (Phi) is 7.64. The second-order valence-corrected chi connectivity index (χ2v) is 6.90. The SMILES string of the molecule is CCCCOCCOCCOc1ccc(S(=O)(=O)O)c2ccccc12. The van der Waals surface area contributed by atoms with Gasteiger partial charge in [-0.25, -0.2) is 0 Å². The van der Waals surface area contributed by atoms with Crippen LogP contribution in [-0.4, -0.2) is 46.0 Å². The summed E-state index contributed by atoms with van der Waals surface area (Å²) in [5, 5.41) is 1.05. The van der Waals surface area contributed by atoms with Crippen LogP contribution in [0.1, 0.15) is 19.8 Å². The fraction of sp³-hybridized carbons (Fsp3) is 0.444. The molecule has 0 saturated heterocycles. The Morgan fingerprint density at radius 1 is 0.880 bits per heavy atom. The summed E-state index contributed by atoms with van der Waals surface area (Å²) in [4.78, 5) is -0.129. The van der Waals surface area contributed by atoms with Gasteiger partial charge in [-0.3, -0.25) is 4.55 Å². The molecule has 0 aliphatic carbocycles. The molecule has 0 aliphatic heterocycles. The quantitative estimate of drug-likeness (QED) is 0.484. The molecule has 0 radical (unpaired) electrons. The monoisotopic (exact) mass is 368 g/mol. The van der Waals surface area contributed by atoms with Crippen LogP contribution < -0.4 is 4.74 Å². The highest BCUT2D eigenvalue weighted by Crippen LogP contribution is 2.30. The standard InChI is InChI=1S/C18H24O6S/c1-2-3-10-22-11-12-23-13-14-24-17-8-9-18(25(19,20)21)16-7-5-4-6-15(16)17/h4-9H,2-3,10-14H2,1H3,(H,19,20,21). The average Bonchev–Trinajstić information content (AvgIpc) is 2.59. The Morgan fingerprint density at radius 2 is 1.52 bits per heavy atom. The van der Waals surface area contributed by atoms with Gasteiger partial charge in [-0.15, -0.1) is 0 Å². The van der Waals surface area contributed by atoms with E-state index in [-0.39, 0.29) is 4.90 Å². The van der Waals surface area contributed by atoms with E-state index in [1.165, 1.54) is 6.07 Å². The minimum absolute atomic E-state index is 0.129. The van der Waals surface area contributed by atoms with Gasteiger partial charge in [0.2, 0.25) is 0 Å². The molecule has 0 unspecified atom stereocenters. The number of hydrogen-bond donors (Lipinski definition) is 1. The normalized spacial score (nSPS) is 11.8. The van der Waals surface area contributed by atoms with Gasteiger partial charge in [-0.1, -0.05) is 37.6 Å². The highest BCUT2D eigenvalue weighted by molar-refractivity contribution is 7.86. The zero-order valence-corrected chi connectivity index (χ0v) is 15.1. The van der Waals surface area contributed by atoms with Crippen molar-refractivity contribution in [2.45, 2.75) is 24.7 Å². The molecule has 138 valence electrons. The second kappa shape index (κ2) is 9.72. The van der Waals surface area contributed by atoms with Crippen LogP contribution >= 0.6 is 0 Å². The van der Waals surface area contributed by atoms with Crippen LogP contribution in [0.4, 0.5) is 0 Å². The van der Waals surface area contributed by atoms with Gasteiger partial charge in [0.25, 0.3) is 10.1 Å². The van der Waals surface area contributed by atoms with Gasteiger partial charge in [0.1, 0.15) is 17.3 Å². The summed E-state index contributed by atoms with van der Waals surface area (Å²) < 4.78 is 48.8. The molecule has 0 amide bonds. The zero-order chi connectivity index (χ0) is 18.1. The third kappa shape index (κ3) is 5.97. The summed E-state index contributed by atoms with van der Waals surface area (Å²) in [7, 11) is -4.28. The van der Waals surface area contributed by atoms with Crippen molar-refractivity contribution in [3.63, 3.8) is 0 Å². The van der Waals surface area contributed by atoms with Crippen molar-refractivity contribution < 1.29 is 27.2 Å². The predicted molar refractivity (Wildman–Crippen MR) is 95.8 cm³/mol. The summed E-state index contributed by atoms with van der Waals surface area (Å²) >= 11 is 0. The van der Waals surface area contributed by atoms with Crippen LogP contribution in [0.2, 0.25) is 0 Å². The molecule has 0 atom stereocenters. The molecule has 2 aromatic carbocycles. The van der Waals surface area contributed by atoms with E-state index in [1.807, 2.05) is 0 Å². The molecule has 7 heteroatoms. The van der Waals surface area contributed by atoms with Gasteiger partial charge >= 0.3 is 0 Å². The predicted octanol–water partition coefficient (Wildman–Crippen LogP) is 3.30. The summed E-state index contributed by atoms with van der Waals surface area (Å²) in [6, 6.07) is 9.77. The third-order valence-electron chi connectivity index (χ3n) is 3.62. The van der Waals surface area contributed by atoms with Gasteiger partial charge in [-0.2, -0.15) is 8.42 Å². The van der Waals surface area contributed by atoms with Crippen molar-refractivity contribution in [2.75, 3.05) is 33.0 Å². The van der Waals surface area contributed by atoms with Gasteiger partial charge in [0.05, 0.1) is 19.8 Å². The van der Waals surface area contributed by atoms with E-state index in [0.29, 0.717) is 42.9 Å². The molecule has 0 saturated carbocycles. The van der Waals surface area contributed by atoms with Crippen LogP contribution in [-0.2, 0) is 19.6 Å². The van der Waals surface area contributed by atoms with Crippen molar-refractivity contribution in [3.8, 4) is 5.75 Å². The molecule has 2 rings (SSSR count). The molecule has 25 heavy (non-hydrogen) atoms. The summed E-state index contributed by atoms with van der Waals surface area (Å²) in [5.74, 6) is 0.547. The molecule has 1 N–H and O–H groups in total. The minimum Gasteiger partial charge on any atom is -0.491 e. The smallest absolute Gasteiger partial charge is 0.295 e. The first-order valence-electron chi connectivity index (χ1n) is 8.31. The lowest BCUT2D eigenvalue weighted by atomic mass is 10.1. The van der Waals surface area contributed by atoms with Gasteiger partial charge in [0.15, 0.2) is 0 Å². The Bertz CT molecular complexity index is 772. The Labute approximate surface area is 148 Å². The van der Waals surface area contributed by atoms with Crippen LogP contribution in [0.5, 0.6) is 5.75 Å². The van der Waals surface area contributed by atoms with Crippen LogP contribution in [0, 0.1) is 0 Å². The molecule has 0 heterocycles. The fourth-order valence-corrected chi connectivity index (χ4v) is 3.07. The van der Waals surface area contributed by atoms with E-state index >= 15 is 0 Å². The maximum Gasteiger partial charge on any atom is 0.295 e. The van der Waals surface area contributed by atoms with E-state index in [9.17, 15) is 13.0 Å². The number of rotatable bonds is 11. The summed E-state index contributed by atoms with van der Waals surface area (Å²) in [6.07, 6.45) is 2.16. The lowest BCUT2D eigenvalue weighted by Crippen LogP contribution is -2.11.